The van der Waals surface area contributed by atoms with Crippen molar-refractivity contribution in [2.24, 2.45) is 4.99 Å². The molecule has 19 heavy (non-hydrogen) atoms. The van der Waals surface area contributed by atoms with Crippen molar-refractivity contribution in [1.82, 2.24) is 9.88 Å². The molecule has 0 aliphatic carbocycles. The van der Waals surface area contributed by atoms with Gasteiger partial charge in [-0.2, -0.15) is 0 Å². The Labute approximate surface area is 118 Å². The third-order valence-electron chi connectivity index (χ3n) is 2.64. The van der Waals surface area contributed by atoms with Crippen LogP contribution in [-0.2, 0) is 0 Å². The minimum Gasteiger partial charge on any atom is -0.369 e. The molecular formula is C15H16ClN3. The van der Waals surface area contributed by atoms with Crippen molar-refractivity contribution in [3.63, 3.8) is 0 Å². The Morgan fingerprint density at radius 2 is 1.84 bits per heavy atom. The van der Waals surface area contributed by atoms with E-state index in [-0.39, 0.29) is 0 Å². The van der Waals surface area contributed by atoms with E-state index in [4.69, 9.17) is 11.6 Å². The maximum Gasteiger partial charge on any atom is 0.156 e. The summed E-state index contributed by atoms with van der Waals surface area (Å²) in [6, 6.07) is 9.82. The minimum atomic E-state index is 0.737. The van der Waals surface area contributed by atoms with E-state index in [1.54, 1.807) is 6.34 Å². The monoisotopic (exact) mass is 273 g/mol. The highest BCUT2D eigenvalue weighted by molar-refractivity contribution is 6.30. The molecule has 0 amide bonds. The Kier molecular flexibility index (Phi) is 4.17. The van der Waals surface area contributed by atoms with Gasteiger partial charge in [-0.25, -0.2) is 9.98 Å². The molecule has 0 spiro atoms. The van der Waals surface area contributed by atoms with Gasteiger partial charge in [0.1, 0.15) is 0 Å². The first-order valence-corrected chi connectivity index (χ1v) is 6.37. The lowest BCUT2D eigenvalue weighted by Crippen LogP contribution is -2.07. The summed E-state index contributed by atoms with van der Waals surface area (Å²) in [5.74, 6) is 0.742. The highest BCUT2D eigenvalue weighted by atomic mass is 35.5. The normalized spacial score (nSPS) is 10.9. The van der Waals surface area contributed by atoms with Gasteiger partial charge >= 0.3 is 0 Å². The molecule has 0 bridgehead atoms. The SMILES string of the molecule is Cc1cc(-c2ccc(Cl)cc2)cnc1/N=C\N(C)C. The first kappa shape index (κ1) is 13.6. The fourth-order valence-electron chi connectivity index (χ4n) is 1.67. The minimum absolute atomic E-state index is 0.737. The largest absolute Gasteiger partial charge is 0.369 e. The molecule has 2 aromatic rings. The topological polar surface area (TPSA) is 28.5 Å². The summed E-state index contributed by atoms with van der Waals surface area (Å²) < 4.78 is 0. The van der Waals surface area contributed by atoms with Gasteiger partial charge in [0.2, 0.25) is 0 Å². The van der Waals surface area contributed by atoms with Gasteiger partial charge in [0.05, 0.1) is 6.34 Å². The molecular weight excluding hydrogens is 258 g/mol. The second-order valence-corrected chi connectivity index (χ2v) is 5.02. The molecule has 1 aromatic heterocycles. The lowest BCUT2D eigenvalue weighted by molar-refractivity contribution is 0.643. The van der Waals surface area contributed by atoms with Crippen LogP contribution in [0.25, 0.3) is 11.1 Å². The van der Waals surface area contributed by atoms with E-state index < -0.39 is 0 Å². The first-order chi connectivity index (χ1) is 9.06. The van der Waals surface area contributed by atoms with Crippen LogP contribution in [0.5, 0.6) is 0 Å². The Balaban J connectivity index is 2.30. The van der Waals surface area contributed by atoms with Gasteiger partial charge < -0.3 is 4.90 Å². The average molecular weight is 274 g/mol. The van der Waals surface area contributed by atoms with Crippen LogP contribution in [0.2, 0.25) is 5.02 Å². The van der Waals surface area contributed by atoms with Crippen LogP contribution in [0.15, 0.2) is 41.5 Å². The fourth-order valence-corrected chi connectivity index (χ4v) is 1.80. The van der Waals surface area contributed by atoms with Crippen LogP contribution in [-0.4, -0.2) is 30.3 Å². The van der Waals surface area contributed by atoms with Gasteiger partial charge in [-0.1, -0.05) is 23.7 Å². The van der Waals surface area contributed by atoms with Crippen molar-refractivity contribution in [2.45, 2.75) is 6.92 Å². The lowest BCUT2D eigenvalue weighted by atomic mass is 10.1. The van der Waals surface area contributed by atoms with Crippen molar-refractivity contribution >= 4 is 23.8 Å². The number of aliphatic imine (C=N–C) groups is 1. The average Bonchev–Trinajstić information content (AvgIpc) is 2.38. The summed E-state index contributed by atoms with van der Waals surface area (Å²) in [6.07, 6.45) is 3.58. The molecule has 1 aromatic carbocycles. The van der Waals surface area contributed by atoms with E-state index >= 15 is 0 Å². The molecule has 0 atom stereocenters. The van der Waals surface area contributed by atoms with Crippen LogP contribution in [0.1, 0.15) is 5.56 Å². The zero-order valence-electron chi connectivity index (χ0n) is 11.3. The molecule has 0 aliphatic rings. The van der Waals surface area contributed by atoms with Crippen molar-refractivity contribution in [3.8, 4) is 11.1 Å². The van der Waals surface area contributed by atoms with Gasteiger partial charge in [-0.15, -0.1) is 0 Å². The quantitative estimate of drug-likeness (QED) is 0.626. The second-order valence-electron chi connectivity index (χ2n) is 4.58. The second kappa shape index (κ2) is 5.85. The Bertz CT molecular complexity index is 589. The van der Waals surface area contributed by atoms with Gasteiger partial charge in [-0.3, -0.25) is 0 Å². The number of nitrogens with zero attached hydrogens (tertiary/aromatic N) is 3. The standard InChI is InChI=1S/C15H16ClN3/c1-11-8-13(12-4-6-14(16)7-5-12)9-17-15(11)18-10-19(2)3/h4-10H,1-3H3/b18-10-. The molecule has 3 nitrogen and oxygen atoms in total. The highest BCUT2D eigenvalue weighted by Crippen LogP contribution is 2.25. The third-order valence-corrected chi connectivity index (χ3v) is 2.89. The van der Waals surface area contributed by atoms with Crippen LogP contribution < -0.4 is 0 Å². The number of pyridine rings is 1. The Hall–Kier alpha value is -1.87. The number of rotatable bonds is 3. The van der Waals surface area contributed by atoms with Crippen LogP contribution in [0.3, 0.4) is 0 Å². The molecule has 98 valence electrons. The molecule has 0 N–H and O–H groups in total. The maximum absolute atomic E-state index is 5.89. The zero-order valence-corrected chi connectivity index (χ0v) is 12.0. The molecule has 1 heterocycles. The van der Waals surface area contributed by atoms with Gasteiger partial charge in [0, 0.05) is 30.9 Å². The Morgan fingerprint density at radius 3 is 2.42 bits per heavy atom. The number of benzene rings is 1. The van der Waals surface area contributed by atoms with Crippen LogP contribution in [0, 0.1) is 6.92 Å². The van der Waals surface area contributed by atoms with Crippen molar-refractivity contribution in [2.75, 3.05) is 14.1 Å². The summed E-state index contributed by atoms with van der Waals surface area (Å²) in [7, 11) is 3.86. The summed E-state index contributed by atoms with van der Waals surface area (Å²) >= 11 is 5.89. The number of aromatic nitrogens is 1. The highest BCUT2D eigenvalue weighted by Gasteiger charge is 2.02. The van der Waals surface area contributed by atoms with E-state index in [0.717, 1.165) is 27.5 Å². The van der Waals surface area contributed by atoms with Gasteiger partial charge in [-0.05, 0) is 36.2 Å². The van der Waals surface area contributed by atoms with E-state index in [2.05, 4.69) is 16.0 Å². The van der Waals surface area contributed by atoms with Crippen molar-refractivity contribution < 1.29 is 0 Å². The summed E-state index contributed by atoms with van der Waals surface area (Å²) in [4.78, 5) is 10.6. The van der Waals surface area contributed by atoms with Crippen LogP contribution in [0.4, 0.5) is 5.82 Å². The third kappa shape index (κ3) is 3.55. The van der Waals surface area contributed by atoms with Crippen molar-refractivity contribution in [1.29, 1.82) is 0 Å². The Morgan fingerprint density at radius 1 is 1.16 bits per heavy atom. The van der Waals surface area contributed by atoms with Crippen molar-refractivity contribution in [3.05, 3.63) is 47.1 Å². The molecule has 4 heteroatoms. The number of aryl methyl sites for hydroxylation is 1. The number of hydrogen-bond donors (Lipinski definition) is 0. The number of hydrogen-bond acceptors (Lipinski definition) is 2. The fraction of sp³-hybridized carbons (Fsp3) is 0.200. The molecule has 0 fully saturated rings. The summed E-state index contributed by atoms with van der Waals surface area (Å²) in [6.45, 7) is 2.01. The van der Waals surface area contributed by atoms with Gasteiger partial charge in [0.15, 0.2) is 5.82 Å². The van der Waals surface area contributed by atoms with E-state index in [0.29, 0.717) is 0 Å². The lowest BCUT2D eigenvalue weighted by Gasteiger charge is -2.06. The number of halogens is 1. The summed E-state index contributed by atoms with van der Waals surface area (Å²) in [5.41, 5.74) is 3.21. The molecule has 0 radical (unpaired) electrons. The van der Waals surface area contributed by atoms with E-state index in [1.807, 2.05) is 56.4 Å². The summed E-state index contributed by atoms with van der Waals surface area (Å²) in [5, 5.41) is 0.737. The first-order valence-electron chi connectivity index (χ1n) is 5.99. The zero-order chi connectivity index (χ0) is 13.8. The molecule has 0 saturated carbocycles. The molecule has 2 rings (SSSR count). The predicted octanol–water partition coefficient (Wildman–Crippen LogP) is 3.93. The van der Waals surface area contributed by atoms with Crippen LogP contribution >= 0.6 is 11.6 Å². The van der Waals surface area contributed by atoms with E-state index in [1.165, 1.54) is 0 Å². The molecule has 0 saturated heterocycles. The maximum atomic E-state index is 5.89. The smallest absolute Gasteiger partial charge is 0.156 e. The van der Waals surface area contributed by atoms with E-state index in [9.17, 15) is 0 Å². The molecule has 0 aliphatic heterocycles. The van der Waals surface area contributed by atoms with Gasteiger partial charge in [0.25, 0.3) is 0 Å². The molecule has 0 unspecified atom stereocenters. The predicted molar refractivity (Wildman–Crippen MR) is 81.3 cm³/mol.